The lowest BCUT2D eigenvalue weighted by atomic mass is 9.98. The number of nitrogens with zero attached hydrogens (tertiary/aromatic N) is 4. The summed E-state index contributed by atoms with van der Waals surface area (Å²) < 4.78 is 18.5. The van der Waals surface area contributed by atoms with Crippen molar-refractivity contribution in [3.63, 3.8) is 0 Å². The molecule has 4 aromatic heterocycles. The molecule has 0 saturated heterocycles. The highest BCUT2D eigenvalue weighted by Crippen LogP contribution is 2.47. The molecule has 0 aliphatic heterocycles. The summed E-state index contributed by atoms with van der Waals surface area (Å²) in [5.74, 6) is 0. The van der Waals surface area contributed by atoms with Crippen molar-refractivity contribution < 1.29 is 8.83 Å². The number of para-hydroxylation sites is 6. The third kappa shape index (κ3) is 11.3. The van der Waals surface area contributed by atoms with Crippen LogP contribution >= 0.6 is 0 Å². The summed E-state index contributed by atoms with van der Waals surface area (Å²) in [6.45, 7) is 0. The first-order valence-electron chi connectivity index (χ1n) is 38.9. The molecule has 4 heterocycles. The van der Waals surface area contributed by atoms with Gasteiger partial charge in [0, 0.05) is 99.7 Å². The van der Waals surface area contributed by atoms with Gasteiger partial charge in [-0.3, -0.25) is 0 Å². The van der Waals surface area contributed by atoms with Crippen LogP contribution in [-0.2, 0) is 0 Å². The lowest BCUT2D eigenvalue weighted by Gasteiger charge is -2.26. The van der Waals surface area contributed by atoms with Crippen LogP contribution < -0.4 is 9.80 Å². The Morgan fingerprint density at radius 1 is 0.175 bits per heavy atom. The molecule has 0 saturated carbocycles. The van der Waals surface area contributed by atoms with Crippen molar-refractivity contribution >= 4 is 122 Å². The molecule has 0 N–H and O–H groups in total. The monoisotopic (exact) mass is 1450 g/mol. The van der Waals surface area contributed by atoms with E-state index in [4.69, 9.17) is 8.83 Å². The van der Waals surface area contributed by atoms with E-state index in [0.29, 0.717) is 0 Å². The third-order valence-corrected chi connectivity index (χ3v) is 23.0. The van der Waals surface area contributed by atoms with Crippen LogP contribution in [0.4, 0.5) is 34.1 Å². The Hall–Kier alpha value is -15.2. The van der Waals surface area contributed by atoms with E-state index in [2.05, 4.69) is 431 Å². The fourth-order valence-electron chi connectivity index (χ4n) is 17.5. The largest absolute Gasteiger partial charge is 0.455 e. The molecule has 6 nitrogen and oxygen atoms in total. The molecule has 0 aliphatic rings. The van der Waals surface area contributed by atoms with E-state index < -0.39 is 0 Å². The van der Waals surface area contributed by atoms with Crippen molar-refractivity contribution in [2.75, 3.05) is 9.80 Å². The molecule has 22 aromatic rings. The highest BCUT2D eigenvalue weighted by atomic mass is 16.3. The van der Waals surface area contributed by atoms with Gasteiger partial charge in [-0.05, 0) is 206 Å². The third-order valence-electron chi connectivity index (χ3n) is 23.0. The van der Waals surface area contributed by atoms with E-state index in [-0.39, 0.29) is 0 Å². The van der Waals surface area contributed by atoms with Gasteiger partial charge in [-0.15, -0.1) is 0 Å². The van der Waals surface area contributed by atoms with Gasteiger partial charge in [0.05, 0.1) is 22.1 Å². The zero-order valence-electron chi connectivity index (χ0n) is 62.0. The average molecular weight is 1460 g/mol. The van der Waals surface area contributed by atoms with Gasteiger partial charge in [-0.2, -0.15) is 0 Å². The number of hydrogen-bond acceptors (Lipinski definition) is 4. The summed E-state index contributed by atoms with van der Waals surface area (Å²) in [6.07, 6.45) is 0. The lowest BCUT2D eigenvalue weighted by molar-refractivity contribution is 0.669. The molecule has 6 heteroatoms. The van der Waals surface area contributed by atoms with Crippen LogP contribution in [0.1, 0.15) is 0 Å². The number of aromatic nitrogens is 2. The molecule has 0 unspecified atom stereocenters. The van der Waals surface area contributed by atoms with Crippen LogP contribution in [0.25, 0.3) is 177 Å². The van der Waals surface area contributed by atoms with Crippen LogP contribution in [-0.4, -0.2) is 9.13 Å². The highest BCUT2D eigenvalue weighted by molar-refractivity contribution is 6.18. The first-order valence-corrected chi connectivity index (χ1v) is 38.9. The standard InChI is InChI=1S/C108H70N4O2/c1-3-19-71(20-4-1)73-39-41-74(42-40-73)76-45-56-83(57-46-76)110(86-62-49-78(50-63-86)91-30-16-32-97-95-27-10-14-38-104(95)113-107(91)97)87-64-66-88(67-65-87)111-102-36-13-9-28-99(102)106-90(29-18-37-103(106)111)81-53-68-96-98-33-17-31-92(108(98)114-105(96)70-81)79-51-60-85(61-52-79)109(82-54-43-75(44-55-82)72-21-5-2-6-22-72)84-58-47-77(48-59-84)80-23-15-24-89(69-80)112-100-34-11-7-25-93(100)94-26-8-12-35-101(94)112/h1-70H. The van der Waals surface area contributed by atoms with Crippen molar-refractivity contribution in [2.24, 2.45) is 0 Å². The quantitative estimate of drug-likeness (QED) is 0.103. The number of hydrogen-bond donors (Lipinski definition) is 0. The minimum Gasteiger partial charge on any atom is -0.455 e. The van der Waals surface area contributed by atoms with Crippen LogP contribution in [0.15, 0.2) is 433 Å². The minimum atomic E-state index is 0.838. The molecule has 534 valence electrons. The van der Waals surface area contributed by atoms with E-state index in [0.717, 1.165) is 150 Å². The van der Waals surface area contributed by atoms with Gasteiger partial charge in [0.15, 0.2) is 0 Å². The highest BCUT2D eigenvalue weighted by Gasteiger charge is 2.23. The number of anilines is 6. The van der Waals surface area contributed by atoms with Crippen molar-refractivity contribution in [3.8, 4) is 89.3 Å². The van der Waals surface area contributed by atoms with E-state index in [9.17, 15) is 0 Å². The zero-order valence-corrected chi connectivity index (χ0v) is 62.0. The molecule has 0 radical (unpaired) electrons. The predicted molar refractivity (Wildman–Crippen MR) is 477 cm³/mol. The van der Waals surface area contributed by atoms with Gasteiger partial charge in [0.25, 0.3) is 0 Å². The normalized spacial score (nSPS) is 11.7. The molecular formula is C108H70N4O2. The van der Waals surface area contributed by atoms with Gasteiger partial charge in [-0.1, -0.05) is 285 Å². The van der Waals surface area contributed by atoms with Gasteiger partial charge in [0.2, 0.25) is 0 Å². The molecule has 18 aromatic carbocycles. The lowest BCUT2D eigenvalue weighted by Crippen LogP contribution is -2.10. The van der Waals surface area contributed by atoms with E-state index in [1.165, 1.54) is 60.4 Å². The van der Waals surface area contributed by atoms with Crippen LogP contribution in [0.5, 0.6) is 0 Å². The van der Waals surface area contributed by atoms with Gasteiger partial charge in [0.1, 0.15) is 22.3 Å². The van der Waals surface area contributed by atoms with Gasteiger partial charge < -0.3 is 27.8 Å². The smallest absolute Gasteiger partial charge is 0.143 e. The summed E-state index contributed by atoms with van der Waals surface area (Å²) in [4.78, 5) is 4.70. The van der Waals surface area contributed by atoms with E-state index >= 15 is 0 Å². The summed E-state index contributed by atoms with van der Waals surface area (Å²) >= 11 is 0. The molecule has 22 rings (SSSR count). The maximum absolute atomic E-state index is 7.12. The Kier molecular flexibility index (Phi) is 15.8. The van der Waals surface area contributed by atoms with Crippen LogP contribution in [0.2, 0.25) is 0 Å². The summed E-state index contributed by atoms with van der Waals surface area (Å²) in [5, 5.41) is 9.24. The Morgan fingerprint density at radius 3 is 1.01 bits per heavy atom. The van der Waals surface area contributed by atoms with Crippen molar-refractivity contribution in [3.05, 3.63) is 425 Å². The first-order chi connectivity index (χ1) is 56.5. The second kappa shape index (κ2) is 27.4. The Morgan fingerprint density at radius 2 is 0.500 bits per heavy atom. The Bertz CT molecular complexity index is 7350. The molecular weight excluding hydrogens is 1390 g/mol. The molecule has 0 aliphatic carbocycles. The maximum Gasteiger partial charge on any atom is 0.143 e. The molecule has 0 spiro atoms. The minimum absolute atomic E-state index is 0.838. The van der Waals surface area contributed by atoms with Crippen LogP contribution in [0, 0.1) is 0 Å². The predicted octanol–water partition coefficient (Wildman–Crippen LogP) is 30.3. The molecule has 0 atom stereocenters. The van der Waals surface area contributed by atoms with Crippen LogP contribution in [0.3, 0.4) is 0 Å². The number of fused-ring (bicyclic) bond motifs is 12. The second-order valence-corrected chi connectivity index (χ2v) is 29.5. The van der Waals surface area contributed by atoms with E-state index in [1.54, 1.807) is 0 Å². The summed E-state index contributed by atoms with van der Waals surface area (Å²) in [6, 6.07) is 154. The van der Waals surface area contributed by atoms with Gasteiger partial charge in [-0.25, -0.2) is 0 Å². The number of furan rings is 2. The molecule has 0 bridgehead atoms. The maximum atomic E-state index is 7.12. The second-order valence-electron chi connectivity index (χ2n) is 29.5. The number of benzene rings is 18. The SMILES string of the molecule is c1ccc(-c2ccc(-c3ccc(N(c4ccc(-c5cccc6c5oc5ccccc56)cc4)c4ccc(-n5c6ccccc6c6c(-c7ccc8c(c7)oc7c(-c9ccc(N(c%10ccc(-c%11ccccc%11)cc%10)c%10ccc(-c%11cccc(-n%12c%13ccccc%13c%13ccccc%13%12)c%11)cc%10)cc9)cccc78)cccc65)cc4)cc3)cc2)cc1. The Labute approximate surface area is 659 Å². The Balaban J connectivity index is 0.581. The fraction of sp³-hybridized carbons (Fsp3) is 0. The average Bonchev–Trinajstić information content (AvgIpc) is 1.57. The summed E-state index contributed by atoms with van der Waals surface area (Å²) in [5.41, 5.74) is 32.4. The topological polar surface area (TPSA) is 42.6 Å². The molecule has 0 fully saturated rings. The van der Waals surface area contributed by atoms with Crippen molar-refractivity contribution in [1.82, 2.24) is 9.13 Å². The van der Waals surface area contributed by atoms with Crippen molar-refractivity contribution in [2.45, 2.75) is 0 Å². The van der Waals surface area contributed by atoms with Crippen molar-refractivity contribution in [1.29, 1.82) is 0 Å². The molecule has 0 amide bonds. The van der Waals surface area contributed by atoms with Gasteiger partial charge >= 0.3 is 0 Å². The zero-order chi connectivity index (χ0) is 75.2. The number of rotatable bonds is 15. The fourth-order valence-corrected chi connectivity index (χ4v) is 17.5. The molecule has 114 heavy (non-hydrogen) atoms. The van der Waals surface area contributed by atoms with E-state index in [1.807, 2.05) is 12.1 Å². The summed E-state index contributed by atoms with van der Waals surface area (Å²) in [7, 11) is 0. The first kappa shape index (κ1) is 65.8.